The summed E-state index contributed by atoms with van der Waals surface area (Å²) in [6.45, 7) is 1.95. The number of carbonyl (C=O) groups is 1. The molecule has 20 heavy (non-hydrogen) atoms. The van der Waals surface area contributed by atoms with Crippen molar-refractivity contribution in [2.45, 2.75) is 12.8 Å². The smallest absolute Gasteiger partial charge is 0.335 e. The maximum atomic E-state index is 10.9. The quantitative estimate of drug-likeness (QED) is 0.909. The lowest BCUT2D eigenvalue weighted by Crippen LogP contribution is -2.25. The fraction of sp³-hybridized carbons (Fsp3) is 0.235. The van der Waals surface area contributed by atoms with Crippen LogP contribution in [0, 0.1) is 0 Å². The van der Waals surface area contributed by atoms with Crippen molar-refractivity contribution >= 4 is 11.7 Å². The zero-order valence-corrected chi connectivity index (χ0v) is 11.2. The van der Waals surface area contributed by atoms with Gasteiger partial charge in [-0.05, 0) is 48.2 Å². The second kappa shape index (κ2) is 5.37. The number of hydrogen-bond acceptors (Lipinski definition) is 2. The fourth-order valence-electron chi connectivity index (χ4n) is 2.74. The standard InChI is InChI=1S/C17H17NO2/c19-17(20)15-5-7-16(8-6-15)18-11-9-13-3-1-2-4-14(13)10-12-18/h1-8H,9-12H2,(H,19,20). The molecule has 3 nitrogen and oxygen atoms in total. The minimum atomic E-state index is -0.875. The molecule has 0 atom stereocenters. The lowest BCUT2D eigenvalue weighted by molar-refractivity contribution is 0.0697. The maximum Gasteiger partial charge on any atom is 0.335 e. The summed E-state index contributed by atoms with van der Waals surface area (Å²) in [5.41, 5.74) is 4.30. The van der Waals surface area contributed by atoms with Crippen LogP contribution in [-0.4, -0.2) is 24.2 Å². The molecule has 3 rings (SSSR count). The van der Waals surface area contributed by atoms with Gasteiger partial charge in [0.15, 0.2) is 0 Å². The second-order valence-corrected chi connectivity index (χ2v) is 5.11. The van der Waals surface area contributed by atoms with Gasteiger partial charge in [0.25, 0.3) is 0 Å². The van der Waals surface area contributed by atoms with Gasteiger partial charge in [0.1, 0.15) is 0 Å². The zero-order valence-electron chi connectivity index (χ0n) is 11.2. The van der Waals surface area contributed by atoms with Crippen molar-refractivity contribution in [1.29, 1.82) is 0 Å². The van der Waals surface area contributed by atoms with E-state index in [1.165, 1.54) is 11.1 Å². The number of aromatic carboxylic acids is 1. The number of carboxylic acids is 1. The molecule has 0 fully saturated rings. The predicted octanol–water partition coefficient (Wildman–Crippen LogP) is 2.99. The molecule has 0 saturated carbocycles. The third kappa shape index (κ3) is 2.52. The van der Waals surface area contributed by atoms with Gasteiger partial charge >= 0.3 is 5.97 Å². The number of benzene rings is 2. The molecule has 1 aliphatic heterocycles. The predicted molar refractivity (Wildman–Crippen MR) is 79.5 cm³/mol. The monoisotopic (exact) mass is 267 g/mol. The number of rotatable bonds is 2. The first-order valence-electron chi connectivity index (χ1n) is 6.89. The Morgan fingerprint density at radius 3 is 1.95 bits per heavy atom. The van der Waals surface area contributed by atoms with Gasteiger partial charge in [-0.25, -0.2) is 4.79 Å². The van der Waals surface area contributed by atoms with Gasteiger partial charge in [-0.3, -0.25) is 0 Å². The highest BCUT2D eigenvalue weighted by Gasteiger charge is 2.14. The summed E-state index contributed by atoms with van der Waals surface area (Å²) in [5, 5.41) is 8.94. The Balaban J connectivity index is 1.78. The molecule has 0 bridgehead atoms. The van der Waals surface area contributed by atoms with Crippen molar-refractivity contribution in [1.82, 2.24) is 0 Å². The van der Waals surface area contributed by atoms with Gasteiger partial charge in [-0.2, -0.15) is 0 Å². The third-order valence-electron chi connectivity index (χ3n) is 3.90. The Labute approximate surface area is 118 Å². The van der Waals surface area contributed by atoms with Crippen molar-refractivity contribution in [3.8, 4) is 0 Å². The molecule has 1 aliphatic rings. The molecule has 1 N–H and O–H groups in total. The van der Waals surface area contributed by atoms with Gasteiger partial charge < -0.3 is 10.0 Å². The van der Waals surface area contributed by atoms with Crippen LogP contribution in [0.1, 0.15) is 21.5 Å². The highest BCUT2D eigenvalue weighted by Crippen LogP contribution is 2.21. The Hall–Kier alpha value is -2.29. The molecule has 0 radical (unpaired) electrons. The SMILES string of the molecule is O=C(O)c1ccc(N2CCc3ccccc3CC2)cc1. The average Bonchev–Trinajstić information content (AvgIpc) is 2.70. The van der Waals surface area contributed by atoms with E-state index in [2.05, 4.69) is 29.2 Å². The molecule has 0 amide bonds. The second-order valence-electron chi connectivity index (χ2n) is 5.11. The highest BCUT2D eigenvalue weighted by molar-refractivity contribution is 5.88. The van der Waals surface area contributed by atoms with Crippen molar-refractivity contribution in [3.63, 3.8) is 0 Å². The van der Waals surface area contributed by atoms with E-state index >= 15 is 0 Å². The normalized spacial score (nSPS) is 14.5. The van der Waals surface area contributed by atoms with Crippen LogP contribution in [0.2, 0.25) is 0 Å². The Bertz CT molecular complexity index is 592. The largest absolute Gasteiger partial charge is 0.478 e. The lowest BCUT2D eigenvalue weighted by Gasteiger charge is -2.22. The van der Waals surface area contributed by atoms with E-state index in [4.69, 9.17) is 5.11 Å². The van der Waals surface area contributed by atoms with Crippen LogP contribution in [0.15, 0.2) is 48.5 Å². The van der Waals surface area contributed by atoms with Crippen molar-refractivity contribution in [2.24, 2.45) is 0 Å². The van der Waals surface area contributed by atoms with Crippen LogP contribution >= 0.6 is 0 Å². The molecular weight excluding hydrogens is 250 g/mol. The number of hydrogen-bond donors (Lipinski definition) is 1. The summed E-state index contributed by atoms with van der Waals surface area (Å²) < 4.78 is 0. The average molecular weight is 267 g/mol. The number of carboxylic acid groups (broad SMARTS) is 1. The number of anilines is 1. The van der Waals surface area contributed by atoms with Crippen LogP contribution in [0.5, 0.6) is 0 Å². The Morgan fingerprint density at radius 2 is 1.45 bits per heavy atom. The maximum absolute atomic E-state index is 10.9. The molecule has 2 aromatic rings. The van der Waals surface area contributed by atoms with Gasteiger partial charge in [-0.15, -0.1) is 0 Å². The molecule has 102 valence electrons. The molecule has 0 unspecified atom stereocenters. The summed E-state index contributed by atoms with van der Waals surface area (Å²) >= 11 is 0. The van der Waals surface area contributed by atoms with Crippen LogP contribution in [0.25, 0.3) is 0 Å². The van der Waals surface area contributed by atoms with Crippen molar-refractivity contribution in [2.75, 3.05) is 18.0 Å². The molecular formula is C17H17NO2. The van der Waals surface area contributed by atoms with Gasteiger partial charge in [-0.1, -0.05) is 24.3 Å². The summed E-state index contributed by atoms with van der Waals surface area (Å²) in [7, 11) is 0. The molecule has 2 aromatic carbocycles. The van der Waals surface area contributed by atoms with E-state index in [1.54, 1.807) is 12.1 Å². The summed E-state index contributed by atoms with van der Waals surface area (Å²) in [5.74, 6) is -0.875. The molecule has 0 aromatic heterocycles. The van der Waals surface area contributed by atoms with Crippen LogP contribution in [0.3, 0.4) is 0 Å². The molecule has 1 heterocycles. The summed E-state index contributed by atoms with van der Waals surface area (Å²) in [4.78, 5) is 13.2. The van der Waals surface area contributed by atoms with Crippen LogP contribution in [-0.2, 0) is 12.8 Å². The van der Waals surface area contributed by atoms with E-state index in [1.807, 2.05) is 12.1 Å². The number of fused-ring (bicyclic) bond motifs is 1. The van der Waals surface area contributed by atoms with E-state index in [-0.39, 0.29) is 0 Å². The van der Waals surface area contributed by atoms with E-state index < -0.39 is 5.97 Å². The third-order valence-corrected chi connectivity index (χ3v) is 3.90. The van der Waals surface area contributed by atoms with Gasteiger partial charge in [0.2, 0.25) is 0 Å². The van der Waals surface area contributed by atoms with Gasteiger partial charge in [0, 0.05) is 18.8 Å². The Morgan fingerprint density at radius 1 is 0.900 bits per heavy atom. The molecule has 0 aliphatic carbocycles. The minimum absolute atomic E-state index is 0.340. The first-order valence-corrected chi connectivity index (χ1v) is 6.89. The zero-order chi connectivity index (χ0) is 13.9. The van der Waals surface area contributed by atoms with Crippen LogP contribution < -0.4 is 4.90 Å². The molecule has 0 saturated heterocycles. The minimum Gasteiger partial charge on any atom is -0.478 e. The lowest BCUT2D eigenvalue weighted by atomic mass is 10.0. The fourth-order valence-corrected chi connectivity index (χ4v) is 2.74. The first-order chi connectivity index (χ1) is 9.74. The molecule has 3 heteroatoms. The van der Waals surface area contributed by atoms with Crippen molar-refractivity contribution in [3.05, 3.63) is 65.2 Å². The number of nitrogens with zero attached hydrogens (tertiary/aromatic N) is 1. The topological polar surface area (TPSA) is 40.5 Å². The van der Waals surface area contributed by atoms with Crippen LogP contribution in [0.4, 0.5) is 5.69 Å². The Kier molecular flexibility index (Phi) is 3.42. The first kappa shape index (κ1) is 12.7. The molecule has 0 spiro atoms. The van der Waals surface area contributed by atoms with E-state index in [9.17, 15) is 4.79 Å². The van der Waals surface area contributed by atoms with E-state index in [0.717, 1.165) is 31.6 Å². The van der Waals surface area contributed by atoms with Gasteiger partial charge in [0.05, 0.1) is 5.56 Å². The highest BCUT2D eigenvalue weighted by atomic mass is 16.4. The summed E-state index contributed by atoms with van der Waals surface area (Å²) in [6, 6.07) is 15.7. The summed E-state index contributed by atoms with van der Waals surface area (Å²) in [6.07, 6.45) is 2.08. The van der Waals surface area contributed by atoms with Crippen molar-refractivity contribution < 1.29 is 9.90 Å². The van der Waals surface area contributed by atoms with E-state index in [0.29, 0.717) is 5.56 Å².